The fraction of sp³-hybridized carbons (Fsp3) is 0. The van der Waals surface area contributed by atoms with Crippen LogP contribution in [0.5, 0.6) is 0 Å². The first-order valence-electron chi connectivity index (χ1n) is 5.97. The summed E-state index contributed by atoms with van der Waals surface area (Å²) in [5.74, 6) is 0. The minimum atomic E-state index is 0.514. The first-order chi connectivity index (χ1) is 10.2. The molecule has 0 aliphatic heterocycles. The van der Waals surface area contributed by atoms with E-state index in [0.717, 1.165) is 39.5 Å². The second-order valence-electron chi connectivity index (χ2n) is 4.43. The Balaban J connectivity index is 2.22. The van der Waals surface area contributed by atoms with E-state index in [9.17, 15) is 0 Å². The van der Waals surface area contributed by atoms with E-state index in [2.05, 4.69) is 13.7 Å². The Morgan fingerprint density at radius 2 is 1.95 bits per heavy atom. The molecule has 0 amide bonds. The number of nitrogens with zero attached hydrogens (tertiary/aromatic N) is 3. The normalized spacial score (nSPS) is 11.5. The molecule has 0 radical (unpaired) electrons. The van der Waals surface area contributed by atoms with Crippen LogP contribution in [0, 0.1) is 4.77 Å². The van der Waals surface area contributed by atoms with Crippen molar-refractivity contribution in [3.05, 3.63) is 45.1 Å². The van der Waals surface area contributed by atoms with Crippen molar-refractivity contribution in [3.8, 4) is 5.69 Å². The fourth-order valence-electron chi connectivity index (χ4n) is 2.34. The van der Waals surface area contributed by atoms with Gasteiger partial charge in [0.15, 0.2) is 4.77 Å². The standard InChI is InChI=1S/C13H6Cl2N4S2/c14-6-2-1-3-9-10(6)16-13(20)19(9)12-7(15)4-5-8-11(12)18-21-17-8/h1-5H,(H,16,20). The van der Waals surface area contributed by atoms with Crippen molar-refractivity contribution in [3.63, 3.8) is 0 Å². The molecule has 2 aromatic heterocycles. The predicted molar refractivity (Wildman–Crippen MR) is 89.5 cm³/mol. The average Bonchev–Trinajstić information content (AvgIpc) is 3.05. The number of rotatable bonds is 1. The SMILES string of the molecule is S=c1[nH]c2c(Cl)cccc2n1-c1c(Cl)ccc2nsnc12. The number of aromatic nitrogens is 4. The minimum Gasteiger partial charge on any atom is -0.329 e. The Kier molecular flexibility index (Phi) is 3.00. The largest absolute Gasteiger partial charge is 0.329 e. The Hall–Kier alpha value is -1.47. The van der Waals surface area contributed by atoms with Crippen LogP contribution in [0.1, 0.15) is 0 Å². The lowest BCUT2D eigenvalue weighted by Crippen LogP contribution is -1.96. The monoisotopic (exact) mass is 352 g/mol. The molecule has 4 rings (SSSR count). The van der Waals surface area contributed by atoms with Gasteiger partial charge in [0.2, 0.25) is 0 Å². The molecule has 0 aliphatic rings. The molecule has 0 atom stereocenters. The van der Waals surface area contributed by atoms with Gasteiger partial charge in [-0.05, 0) is 36.5 Å². The number of aromatic amines is 1. The van der Waals surface area contributed by atoms with E-state index in [-0.39, 0.29) is 0 Å². The topological polar surface area (TPSA) is 46.5 Å². The molecular weight excluding hydrogens is 347 g/mol. The second-order valence-corrected chi connectivity index (χ2v) is 6.16. The van der Waals surface area contributed by atoms with Crippen molar-refractivity contribution in [2.24, 2.45) is 0 Å². The van der Waals surface area contributed by atoms with Crippen LogP contribution in [0.4, 0.5) is 0 Å². The Bertz CT molecular complexity index is 1050. The third kappa shape index (κ3) is 1.91. The highest BCUT2D eigenvalue weighted by Gasteiger charge is 2.16. The molecule has 0 unspecified atom stereocenters. The van der Waals surface area contributed by atoms with Crippen LogP contribution in [0.3, 0.4) is 0 Å². The fourth-order valence-corrected chi connectivity index (χ4v) is 3.63. The van der Waals surface area contributed by atoms with Gasteiger partial charge in [-0.3, -0.25) is 4.57 Å². The summed E-state index contributed by atoms with van der Waals surface area (Å²) in [4.78, 5) is 3.12. The zero-order valence-electron chi connectivity index (χ0n) is 10.3. The average molecular weight is 353 g/mol. The van der Waals surface area contributed by atoms with Crippen LogP contribution in [-0.2, 0) is 0 Å². The van der Waals surface area contributed by atoms with E-state index in [1.807, 2.05) is 28.8 Å². The van der Waals surface area contributed by atoms with Crippen LogP contribution in [0.25, 0.3) is 27.8 Å². The number of hydrogen-bond acceptors (Lipinski definition) is 4. The molecule has 2 heterocycles. The van der Waals surface area contributed by atoms with Gasteiger partial charge in [0.05, 0.1) is 38.5 Å². The van der Waals surface area contributed by atoms with E-state index in [0.29, 0.717) is 14.8 Å². The summed E-state index contributed by atoms with van der Waals surface area (Å²) in [7, 11) is 0. The number of imidazole rings is 1. The maximum atomic E-state index is 6.39. The van der Waals surface area contributed by atoms with Gasteiger partial charge in [-0.25, -0.2) is 0 Å². The van der Waals surface area contributed by atoms with E-state index >= 15 is 0 Å². The summed E-state index contributed by atoms with van der Waals surface area (Å²) in [6, 6.07) is 9.26. The highest BCUT2D eigenvalue weighted by atomic mass is 35.5. The zero-order chi connectivity index (χ0) is 14.6. The summed E-state index contributed by atoms with van der Waals surface area (Å²) >= 11 is 19.2. The van der Waals surface area contributed by atoms with Gasteiger partial charge in [0.1, 0.15) is 11.0 Å². The molecule has 8 heteroatoms. The first-order valence-corrected chi connectivity index (χ1v) is 7.86. The maximum Gasteiger partial charge on any atom is 0.182 e. The first kappa shape index (κ1) is 13.2. The molecule has 0 bridgehead atoms. The lowest BCUT2D eigenvalue weighted by molar-refractivity contribution is 1.07. The molecule has 0 spiro atoms. The molecule has 4 nitrogen and oxygen atoms in total. The molecule has 104 valence electrons. The van der Waals surface area contributed by atoms with E-state index in [1.54, 1.807) is 6.07 Å². The Morgan fingerprint density at radius 1 is 1.10 bits per heavy atom. The predicted octanol–water partition coefficient (Wildman–Crippen LogP) is 5.00. The number of para-hydroxylation sites is 1. The lowest BCUT2D eigenvalue weighted by atomic mass is 10.2. The maximum absolute atomic E-state index is 6.39. The van der Waals surface area contributed by atoms with Crippen molar-refractivity contribution in [1.82, 2.24) is 18.3 Å². The summed E-state index contributed by atoms with van der Waals surface area (Å²) in [5.41, 5.74) is 3.87. The van der Waals surface area contributed by atoms with Gasteiger partial charge in [-0.1, -0.05) is 29.3 Å². The molecule has 0 saturated carbocycles. The molecule has 0 aliphatic carbocycles. The molecule has 1 N–H and O–H groups in total. The molecule has 0 fully saturated rings. The van der Waals surface area contributed by atoms with Gasteiger partial charge >= 0.3 is 0 Å². The molecule has 4 aromatic rings. The molecular formula is C13H6Cl2N4S2. The Labute approximate surface area is 138 Å². The number of nitrogens with one attached hydrogen (secondary N) is 1. The van der Waals surface area contributed by atoms with E-state index < -0.39 is 0 Å². The number of hydrogen-bond donors (Lipinski definition) is 1. The molecule has 2 aromatic carbocycles. The number of fused-ring (bicyclic) bond motifs is 2. The van der Waals surface area contributed by atoms with E-state index in [1.165, 1.54) is 0 Å². The summed E-state index contributed by atoms with van der Waals surface area (Å²) in [6.07, 6.45) is 0. The van der Waals surface area contributed by atoms with Crippen LogP contribution in [0.15, 0.2) is 30.3 Å². The third-order valence-electron chi connectivity index (χ3n) is 3.24. The minimum absolute atomic E-state index is 0.514. The van der Waals surface area contributed by atoms with Crippen molar-refractivity contribution in [1.29, 1.82) is 0 Å². The summed E-state index contributed by atoms with van der Waals surface area (Å²) < 4.78 is 10.9. The van der Waals surface area contributed by atoms with Crippen LogP contribution in [0.2, 0.25) is 10.0 Å². The smallest absolute Gasteiger partial charge is 0.182 e. The van der Waals surface area contributed by atoms with Crippen LogP contribution < -0.4 is 0 Å². The summed E-state index contributed by atoms with van der Waals surface area (Å²) in [6.45, 7) is 0. The van der Waals surface area contributed by atoms with Gasteiger partial charge in [0, 0.05) is 0 Å². The van der Waals surface area contributed by atoms with Gasteiger partial charge < -0.3 is 4.98 Å². The van der Waals surface area contributed by atoms with Gasteiger partial charge in [-0.2, -0.15) is 8.75 Å². The van der Waals surface area contributed by atoms with Crippen molar-refractivity contribution < 1.29 is 0 Å². The molecule has 0 saturated heterocycles. The lowest BCUT2D eigenvalue weighted by Gasteiger charge is -2.07. The highest BCUT2D eigenvalue weighted by Crippen LogP contribution is 2.33. The van der Waals surface area contributed by atoms with Gasteiger partial charge in [0.25, 0.3) is 0 Å². The van der Waals surface area contributed by atoms with E-state index in [4.69, 9.17) is 35.4 Å². The number of H-pyrrole nitrogens is 1. The highest BCUT2D eigenvalue weighted by molar-refractivity contribution is 7.71. The van der Waals surface area contributed by atoms with Crippen molar-refractivity contribution >= 4 is 69.2 Å². The second kappa shape index (κ2) is 4.78. The quantitative estimate of drug-likeness (QED) is 0.490. The van der Waals surface area contributed by atoms with Crippen LogP contribution in [-0.4, -0.2) is 18.3 Å². The van der Waals surface area contributed by atoms with Crippen LogP contribution >= 0.6 is 47.1 Å². The summed E-state index contributed by atoms with van der Waals surface area (Å²) in [5, 5.41) is 1.17. The number of halogens is 2. The van der Waals surface area contributed by atoms with Crippen molar-refractivity contribution in [2.45, 2.75) is 0 Å². The molecule has 21 heavy (non-hydrogen) atoms. The Morgan fingerprint density at radius 3 is 2.81 bits per heavy atom. The van der Waals surface area contributed by atoms with Crippen molar-refractivity contribution in [2.75, 3.05) is 0 Å². The zero-order valence-corrected chi connectivity index (χ0v) is 13.4. The number of benzene rings is 2. The third-order valence-corrected chi connectivity index (χ3v) is 4.69. The van der Waals surface area contributed by atoms with Gasteiger partial charge in [-0.15, -0.1) is 0 Å².